The van der Waals surface area contributed by atoms with Crippen LogP contribution in [0.4, 0.5) is 4.39 Å². The Labute approximate surface area is 193 Å². The molecule has 172 valence electrons. The van der Waals surface area contributed by atoms with Gasteiger partial charge < -0.3 is 15.2 Å². The zero-order valence-corrected chi connectivity index (χ0v) is 19.6. The molecule has 7 nitrogen and oxygen atoms in total. The number of aliphatic imine (C=N–C) groups is 1. The van der Waals surface area contributed by atoms with Crippen molar-refractivity contribution >= 4 is 23.3 Å². The lowest BCUT2D eigenvalue weighted by Crippen LogP contribution is -2.24. The number of likely N-dealkylation sites (N-methyl/N-ethyl adjacent to an activating group) is 1. The van der Waals surface area contributed by atoms with Gasteiger partial charge in [-0.3, -0.25) is 4.99 Å². The quantitative estimate of drug-likeness (QED) is 0.574. The van der Waals surface area contributed by atoms with E-state index in [1.807, 2.05) is 29.7 Å². The zero-order chi connectivity index (χ0) is 23.5. The first-order valence-electron chi connectivity index (χ1n) is 11.2. The van der Waals surface area contributed by atoms with Gasteiger partial charge in [-0.25, -0.2) is 19.3 Å². The summed E-state index contributed by atoms with van der Waals surface area (Å²) in [5.41, 5.74) is 10.8. The summed E-state index contributed by atoms with van der Waals surface area (Å²) in [6.45, 7) is 8.23. The predicted molar refractivity (Wildman–Crippen MR) is 132 cm³/mol. The van der Waals surface area contributed by atoms with Gasteiger partial charge in [-0.1, -0.05) is 6.08 Å². The van der Waals surface area contributed by atoms with Crippen molar-refractivity contribution in [1.82, 2.24) is 24.4 Å². The lowest BCUT2D eigenvalue weighted by Gasteiger charge is -2.22. The molecule has 0 amide bonds. The number of halogens is 1. The van der Waals surface area contributed by atoms with Crippen molar-refractivity contribution in [1.29, 1.82) is 0 Å². The predicted octanol–water partition coefficient (Wildman–Crippen LogP) is 4.15. The summed E-state index contributed by atoms with van der Waals surface area (Å²) in [4.78, 5) is 20.1. The number of fused-ring (bicyclic) bond motifs is 1. The van der Waals surface area contributed by atoms with Gasteiger partial charge in [0.2, 0.25) is 0 Å². The average Bonchev–Trinajstić information content (AvgIpc) is 3.14. The fourth-order valence-corrected chi connectivity index (χ4v) is 4.19. The Morgan fingerprint density at radius 3 is 2.79 bits per heavy atom. The third kappa shape index (κ3) is 4.91. The first kappa shape index (κ1) is 22.9. The zero-order valence-electron chi connectivity index (χ0n) is 19.6. The van der Waals surface area contributed by atoms with E-state index in [1.165, 1.54) is 18.0 Å². The first-order valence-corrected chi connectivity index (χ1v) is 11.2. The number of benzene rings is 1. The van der Waals surface area contributed by atoms with Gasteiger partial charge in [-0.2, -0.15) is 0 Å². The van der Waals surface area contributed by atoms with Crippen molar-refractivity contribution < 1.29 is 4.39 Å². The minimum absolute atomic E-state index is 0.166. The molecule has 2 N–H and O–H groups in total. The Morgan fingerprint density at radius 1 is 1.27 bits per heavy atom. The number of aryl methyl sites for hydroxylation is 1. The lowest BCUT2D eigenvalue weighted by atomic mass is 10.0. The third-order valence-electron chi connectivity index (χ3n) is 5.79. The number of nitrogens with two attached hydrogens (primary N) is 1. The number of allylic oxidation sites excluding steroid dienone is 1. The van der Waals surface area contributed by atoms with Crippen molar-refractivity contribution in [2.45, 2.75) is 33.2 Å². The largest absolute Gasteiger partial charge is 0.326 e. The average molecular weight is 448 g/mol. The molecule has 1 aliphatic heterocycles. The van der Waals surface area contributed by atoms with E-state index in [0.717, 1.165) is 36.5 Å². The molecule has 2 aromatic heterocycles. The van der Waals surface area contributed by atoms with Crippen LogP contribution >= 0.6 is 0 Å². The molecule has 0 saturated heterocycles. The van der Waals surface area contributed by atoms with E-state index >= 15 is 0 Å². The van der Waals surface area contributed by atoms with E-state index in [0.29, 0.717) is 29.0 Å². The molecule has 4 rings (SSSR count). The lowest BCUT2D eigenvalue weighted by molar-refractivity contribution is 0.360. The highest BCUT2D eigenvalue weighted by Crippen LogP contribution is 2.29. The Bertz CT molecular complexity index is 1250. The fourth-order valence-electron chi connectivity index (χ4n) is 4.19. The molecule has 3 aromatic rings. The second-order valence-electron chi connectivity index (χ2n) is 8.60. The second kappa shape index (κ2) is 9.72. The molecular formula is C25H30FN7. The van der Waals surface area contributed by atoms with E-state index in [4.69, 9.17) is 5.73 Å². The van der Waals surface area contributed by atoms with Crippen LogP contribution in [0, 0.1) is 12.7 Å². The molecule has 0 spiro atoms. The Kier molecular flexibility index (Phi) is 6.76. The molecular weight excluding hydrogens is 417 g/mol. The van der Waals surface area contributed by atoms with Crippen LogP contribution in [0.1, 0.15) is 37.8 Å². The van der Waals surface area contributed by atoms with Gasteiger partial charge in [-0.05, 0) is 64.1 Å². The molecule has 0 aliphatic carbocycles. The Balaban J connectivity index is 1.76. The molecule has 0 radical (unpaired) electrons. The number of imidazole rings is 1. The summed E-state index contributed by atoms with van der Waals surface area (Å²) in [5, 5.41) is 0. The fraction of sp³-hybridized carbons (Fsp3) is 0.360. The topological polar surface area (TPSA) is 85.2 Å². The summed E-state index contributed by atoms with van der Waals surface area (Å²) in [7, 11) is 2.10. The highest BCUT2D eigenvalue weighted by atomic mass is 19.1. The number of aromatic nitrogens is 4. The van der Waals surface area contributed by atoms with Crippen molar-refractivity contribution in [3.8, 4) is 11.3 Å². The van der Waals surface area contributed by atoms with Crippen molar-refractivity contribution in [3.63, 3.8) is 0 Å². The molecule has 0 atom stereocenters. The second-order valence-corrected chi connectivity index (χ2v) is 8.60. The number of hydrogen-bond acceptors (Lipinski definition) is 6. The van der Waals surface area contributed by atoms with E-state index in [1.54, 1.807) is 6.21 Å². The van der Waals surface area contributed by atoms with Crippen molar-refractivity contribution in [2.75, 3.05) is 26.7 Å². The number of rotatable bonds is 6. The van der Waals surface area contributed by atoms with Crippen molar-refractivity contribution in [3.05, 3.63) is 59.2 Å². The maximum Gasteiger partial charge on any atom is 0.151 e. The van der Waals surface area contributed by atoms with Crippen LogP contribution in [0.5, 0.6) is 0 Å². The Hall–Kier alpha value is -3.23. The third-order valence-corrected chi connectivity index (χ3v) is 5.79. The molecule has 0 fully saturated rings. The highest BCUT2D eigenvalue weighted by Gasteiger charge is 2.17. The van der Waals surface area contributed by atoms with Gasteiger partial charge in [-0.15, -0.1) is 0 Å². The van der Waals surface area contributed by atoms with E-state index in [9.17, 15) is 4.39 Å². The summed E-state index contributed by atoms with van der Waals surface area (Å²) in [5.74, 6) is 0.432. The summed E-state index contributed by atoms with van der Waals surface area (Å²) < 4.78 is 17.0. The van der Waals surface area contributed by atoms with Crippen LogP contribution in [-0.4, -0.2) is 57.3 Å². The van der Waals surface area contributed by atoms with Crippen LogP contribution < -0.4 is 5.73 Å². The van der Waals surface area contributed by atoms with E-state index < -0.39 is 0 Å². The minimum Gasteiger partial charge on any atom is -0.326 e. The summed E-state index contributed by atoms with van der Waals surface area (Å²) >= 11 is 0. The van der Waals surface area contributed by atoms with Gasteiger partial charge >= 0.3 is 0 Å². The van der Waals surface area contributed by atoms with Gasteiger partial charge in [0.1, 0.15) is 17.7 Å². The molecule has 1 aromatic carbocycles. The SMILES string of the molecule is Cc1nc2c(F)cc(-c3cc(C=C(N=CCN)C4=CCN(C)CC4)ncn3)cc2n1C(C)C. The highest BCUT2D eigenvalue weighted by molar-refractivity contribution is 5.83. The number of nitrogens with zero attached hydrogens (tertiary/aromatic N) is 6. The first-order chi connectivity index (χ1) is 15.9. The van der Waals surface area contributed by atoms with Crippen LogP contribution in [0.3, 0.4) is 0 Å². The van der Waals surface area contributed by atoms with E-state index in [-0.39, 0.29) is 11.9 Å². The van der Waals surface area contributed by atoms with Crippen LogP contribution in [0.25, 0.3) is 28.4 Å². The molecule has 33 heavy (non-hydrogen) atoms. The molecule has 0 unspecified atom stereocenters. The molecule has 1 aliphatic rings. The van der Waals surface area contributed by atoms with Crippen LogP contribution in [0.2, 0.25) is 0 Å². The van der Waals surface area contributed by atoms with E-state index in [2.05, 4.69) is 51.8 Å². The standard InChI is InChI=1S/C25H30FN7/c1-16(2)33-17(3)31-25-21(26)11-19(12-24(25)33)23-14-20(29-15-30-23)13-22(28-8-7-27)18-5-9-32(4)10-6-18/h5,8,11-16H,6-7,9-10,27H2,1-4H3. The molecule has 0 saturated carbocycles. The maximum atomic E-state index is 14.9. The van der Waals surface area contributed by atoms with Crippen molar-refractivity contribution in [2.24, 2.45) is 10.7 Å². The van der Waals surface area contributed by atoms with Crippen LogP contribution in [0.15, 0.2) is 46.9 Å². The normalized spacial score (nSPS) is 15.7. The molecule has 3 heterocycles. The monoisotopic (exact) mass is 447 g/mol. The smallest absolute Gasteiger partial charge is 0.151 e. The molecule has 0 bridgehead atoms. The summed E-state index contributed by atoms with van der Waals surface area (Å²) in [6, 6.07) is 5.46. The summed E-state index contributed by atoms with van der Waals surface area (Å²) in [6.07, 6.45) is 8.23. The number of hydrogen-bond donors (Lipinski definition) is 1. The van der Waals surface area contributed by atoms with Gasteiger partial charge in [0.05, 0.1) is 22.6 Å². The van der Waals surface area contributed by atoms with Crippen LogP contribution in [-0.2, 0) is 0 Å². The van der Waals surface area contributed by atoms with Gasteiger partial charge in [0, 0.05) is 37.5 Å². The maximum absolute atomic E-state index is 14.9. The van der Waals surface area contributed by atoms with Gasteiger partial charge in [0.15, 0.2) is 5.82 Å². The van der Waals surface area contributed by atoms with Gasteiger partial charge in [0.25, 0.3) is 0 Å². The minimum atomic E-state index is -0.356. The molecule has 8 heteroatoms. The Morgan fingerprint density at radius 2 is 2.09 bits per heavy atom.